The Bertz CT molecular complexity index is 1610. The first-order valence-corrected chi connectivity index (χ1v) is 14.4. The van der Waals surface area contributed by atoms with Crippen molar-refractivity contribution in [1.82, 2.24) is 9.88 Å². The van der Waals surface area contributed by atoms with Gasteiger partial charge in [0.2, 0.25) is 0 Å². The van der Waals surface area contributed by atoms with Crippen LogP contribution in [-0.2, 0) is 19.1 Å². The van der Waals surface area contributed by atoms with E-state index in [1.807, 2.05) is 67.6 Å². The van der Waals surface area contributed by atoms with Crippen LogP contribution in [0.5, 0.6) is 0 Å². The minimum atomic E-state index is -4.00. The number of amides is 1. The molecule has 1 heterocycles. The number of pyridine rings is 1. The van der Waals surface area contributed by atoms with Crippen LogP contribution in [0.25, 0.3) is 0 Å². The molecule has 0 aliphatic rings. The highest BCUT2D eigenvalue weighted by Crippen LogP contribution is 2.25. The summed E-state index contributed by atoms with van der Waals surface area (Å²) in [6.45, 7) is 1.55. The first-order chi connectivity index (χ1) is 19.7. The number of rotatable bonds is 12. The van der Waals surface area contributed by atoms with Crippen molar-refractivity contribution in [3.05, 3.63) is 136 Å². The summed E-state index contributed by atoms with van der Waals surface area (Å²) >= 11 is 0. The third kappa shape index (κ3) is 7.36. The zero-order chi connectivity index (χ0) is 29.4. The molecule has 0 unspecified atom stereocenters. The summed E-state index contributed by atoms with van der Waals surface area (Å²) in [5.41, 5.74) is 1.77. The molecule has 0 saturated heterocycles. The highest BCUT2D eigenvalue weighted by molar-refractivity contribution is 7.86. The van der Waals surface area contributed by atoms with Crippen molar-refractivity contribution in [2.75, 3.05) is 6.61 Å². The fourth-order valence-electron chi connectivity index (χ4n) is 4.39. The molecule has 0 spiro atoms. The standard InChI is InChI=1S/C31H30N2O7S/c1-22-16-18-25(19-17-22)41(38,39)40-21-9-15-27(31(36)37)32-29(34)26-14-8-20-33(30(26)35)28(23-10-4-2-5-11-23)24-12-6-3-7-13-24/h2-8,10-14,16-20,27-28H,9,15,21H2,1H3,(H,32,34)(H,36,37)/t27-/m0/s1. The SMILES string of the molecule is Cc1ccc(S(=O)(=O)OCCC[C@H](NC(=O)c2cccn(C(c3ccccc3)c3ccccc3)c2=O)C(=O)O)cc1. The second kappa shape index (κ2) is 13.2. The Hall–Kier alpha value is -4.54. The van der Waals surface area contributed by atoms with Crippen LogP contribution in [0.1, 0.15) is 45.9 Å². The van der Waals surface area contributed by atoms with Gasteiger partial charge in [0, 0.05) is 6.20 Å². The van der Waals surface area contributed by atoms with Crippen molar-refractivity contribution in [2.24, 2.45) is 0 Å². The zero-order valence-corrected chi connectivity index (χ0v) is 23.2. The van der Waals surface area contributed by atoms with Crippen LogP contribution in [0.3, 0.4) is 0 Å². The minimum absolute atomic E-state index is 0.00384. The molecule has 3 aromatic carbocycles. The van der Waals surface area contributed by atoms with E-state index in [0.717, 1.165) is 16.7 Å². The monoisotopic (exact) mass is 574 g/mol. The Morgan fingerprint density at radius 3 is 2.02 bits per heavy atom. The number of aromatic nitrogens is 1. The number of carbonyl (C=O) groups excluding carboxylic acids is 1. The van der Waals surface area contributed by atoms with E-state index in [0.29, 0.717) is 0 Å². The van der Waals surface area contributed by atoms with E-state index >= 15 is 0 Å². The molecular formula is C31H30N2O7S. The highest BCUT2D eigenvalue weighted by Gasteiger charge is 2.25. The van der Waals surface area contributed by atoms with Gasteiger partial charge in [0.15, 0.2) is 0 Å². The van der Waals surface area contributed by atoms with Gasteiger partial charge in [0.05, 0.1) is 17.5 Å². The molecular weight excluding hydrogens is 544 g/mol. The molecule has 2 N–H and O–H groups in total. The number of nitrogens with zero attached hydrogens (tertiary/aromatic N) is 1. The number of aryl methyl sites for hydroxylation is 1. The predicted octanol–water partition coefficient (Wildman–Crippen LogP) is 4.16. The molecule has 1 aromatic heterocycles. The molecule has 0 saturated carbocycles. The normalized spacial score (nSPS) is 12.1. The zero-order valence-electron chi connectivity index (χ0n) is 22.3. The first-order valence-electron chi connectivity index (χ1n) is 13.0. The van der Waals surface area contributed by atoms with Gasteiger partial charge in [-0.25, -0.2) is 4.79 Å². The van der Waals surface area contributed by atoms with Gasteiger partial charge in [-0.1, -0.05) is 78.4 Å². The van der Waals surface area contributed by atoms with Crippen molar-refractivity contribution in [3.8, 4) is 0 Å². The van der Waals surface area contributed by atoms with Gasteiger partial charge < -0.3 is 15.0 Å². The first kappa shape index (κ1) is 29.4. The number of carboxylic acids is 1. The van der Waals surface area contributed by atoms with E-state index in [1.54, 1.807) is 24.4 Å². The maximum absolute atomic E-state index is 13.5. The third-order valence-corrected chi connectivity index (χ3v) is 7.84. The Balaban J connectivity index is 1.48. The van der Waals surface area contributed by atoms with Gasteiger partial charge in [-0.2, -0.15) is 8.42 Å². The van der Waals surface area contributed by atoms with E-state index in [-0.39, 0.29) is 29.9 Å². The average molecular weight is 575 g/mol. The molecule has 0 radical (unpaired) electrons. The lowest BCUT2D eigenvalue weighted by Crippen LogP contribution is -2.43. The maximum Gasteiger partial charge on any atom is 0.326 e. The quantitative estimate of drug-likeness (QED) is 0.192. The molecule has 4 rings (SSSR count). The lowest BCUT2D eigenvalue weighted by molar-refractivity contribution is -0.139. The molecule has 0 aliphatic carbocycles. The van der Waals surface area contributed by atoms with Gasteiger partial charge in [-0.3, -0.25) is 13.8 Å². The number of nitrogens with one attached hydrogen (secondary N) is 1. The molecule has 9 nitrogen and oxygen atoms in total. The Morgan fingerprint density at radius 2 is 1.46 bits per heavy atom. The second-order valence-electron chi connectivity index (χ2n) is 9.45. The number of hydrogen-bond donors (Lipinski definition) is 2. The van der Waals surface area contributed by atoms with Crippen LogP contribution in [0.15, 0.2) is 113 Å². The van der Waals surface area contributed by atoms with E-state index in [2.05, 4.69) is 5.32 Å². The van der Waals surface area contributed by atoms with Crippen LogP contribution in [0.2, 0.25) is 0 Å². The smallest absolute Gasteiger partial charge is 0.326 e. The van der Waals surface area contributed by atoms with Crippen molar-refractivity contribution in [3.63, 3.8) is 0 Å². The molecule has 212 valence electrons. The molecule has 0 aliphatic heterocycles. The largest absolute Gasteiger partial charge is 0.480 e. The van der Waals surface area contributed by atoms with Crippen molar-refractivity contribution in [1.29, 1.82) is 0 Å². The van der Waals surface area contributed by atoms with Crippen molar-refractivity contribution < 1.29 is 27.3 Å². The van der Waals surface area contributed by atoms with Gasteiger partial charge in [-0.05, 0) is 55.2 Å². The summed E-state index contributed by atoms with van der Waals surface area (Å²) in [7, 11) is -4.00. The summed E-state index contributed by atoms with van der Waals surface area (Å²) in [5.74, 6) is -2.16. The summed E-state index contributed by atoms with van der Waals surface area (Å²) in [4.78, 5) is 38.5. The summed E-state index contributed by atoms with van der Waals surface area (Å²) < 4.78 is 31.2. The Kier molecular flexibility index (Phi) is 9.49. The Labute approximate surface area is 238 Å². The average Bonchev–Trinajstić information content (AvgIpc) is 2.97. The number of carboxylic acid groups (broad SMARTS) is 1. The summed E-state index contributed by atoms with van der Waals surface area (Å²) in [5, 5.41) is 12.1. The lowest BCUT2D eigenvalue weighted by atomic mass is 9.98. The van der Waals surface area contributed by atoms with Crippen LogP contribution in [-0.4, -0.2) is 42.6 Å². The number of carbonyl (C=O) groups is 2. The predicted molar refractivity (Wildman–Crippen MR) is 153 cm³/mol. The van der Waals surface area contributed by atoms with Gasteiger partial charge >= 0.3 is 5.97 Å². The maximum atomic E-state index is 13.5. The molecule has 41 heavy (non-hydrogen) atoms. The topological polar surface area (TPSA) is 132 Å². The summed E-state index contributed by atoms with van der Waals surface area (Å²) in [6.07, 6.45) is 1.51. The molecule has 4 aromatic rings. The number of hydrogen-bond acceptors (Lipinski definition) is 6. The van der Waals surface area contributed by atoms with Crippen LogP contribution < -0.4 is 10.9 Å². The number of aliphatic carboxylic acids is 1. The van der Waals surface area contributed by atoms with E-state index in [9.17, 15) is 27.9 Å². The van der Waals surface area contributed by atoms with Crippen LogP contribution in [0.4, 0.5) is 0 Å². The van der Waals surface area contributed by atoms with E-state index in [4.69, 9.17) is 4.18 Å². The summed E-state index contributed by atoms with van der Waals surface area (Å²) in [6, 6.07) is 25.9. The minimum Gasteiger partial charge on any atom is -0.480 e. The number of benzene rings is 3. The highest BCUT2D eigenvalue weighted by atomic mass is 32.2. The van der Waals surface area contributed by atoms with Gasteiger partial charge in [0.25, 0.3) is 21.6 Å². The molecule has 0 bridgehead atoms. The lowest BCUT2D eigenvalue weighted by Gasteiger charge is -2.22. The van der Waals surface area contributed by atoms with E-state index in [1.165, 1.54) is 22.8 Å². The van der Waals surface area contributed by atoms with Gasteiger partial charge in [-0.15, -0.1) is 0 Å². The van der Waals surface area contributed by atoms with Crippen LogP contribution in [0, 0.1) is 6.92 Å². The third-order valence-electron chi connectivity index (χ3n) is 6.52. The molecule has 1 amide bonds. The second-order valence-corrected chi connectivity index (χ2v) is 11.1. The molecule has 0 fully saturated rings. The van der Waals surface area contributed by atoms with Gasteiger partial charge in [0.1, 0.15) is 11.6 Å². The molecule has 10 heteroatoms. The fraction of sp³-hybridized carbons (Fsp3) is 0.194. The Morgan fingerprint density at radius 1 is 0.878 bits per heavy atom. The van der Waals surface area contributed by atoms with Crippen LogP contribution >= 0.6 is 0 Å². The molecule has 1 atom stereocenters. The van der Waals surface area contributed by atoms with Crippen molar-refractivity contribution in [2.45, 2.75) is 36.7 Å². The van der Waals surface area contributed by atoms with E-state index < -0.39 is 39.6 Å². The van der Waals surface area contributed by atoms with Crippen molar-refractivity contribution >= 4 is 22.0 Å². The fourth-order valence-corrected chi connectivity index (χ4v) is 5.34.